The number of hydrogen-bond donors (Lipinski definition) is 1. The van der Waals surface area contributed by atoms with Crippen LogP contribution < -0.4 is 15.6 Å². The molecule has 2 heterocycles. The van der Waals surface area contributed by atoms with Gasteiger partial charge in [0.05, 0.1) is 6.54 Å². The molecule has 172 valence electrons. The first-order valence-electron chi connectivity index (χ1n) is 11.1. The standard InChI is InChI=1S/C25H27ClN4O3/c26-20-8-6-19(7-9-20)18-29-14-12-21(13-15-29)27-25(32)23-10-11-24(31)30(28-23)16-17-33-22-4-2-1-3-5-22/h1-11,21H,12-18H2,(H,27,32). The maximum atomic E-state index is 12.7. The van der Waals surface area contributed by atoms with Crippen LogP contribution in [-0.2, 0) is 13.1 Å². The van der Waals surface area contributed by atoms with Crippen LogP contribution in [-0.4, -0.2) is 46.3 Å². The Kier molecular flexibility index (Phi) is 7.75. The lowest BCUT2D eigenvalue weighted by Gasteiger charge is -2.32. The smallest absolute Gasteiger partial charge is 0.271 e. The number of carbonyl (C=O) groups excluding carboxylic acids is 1. The summed E-state index contributed by atoms with van der Waals surface area (Å²) in [6.45, 7) is 3.22. The van der Waals surface area contributed by atoms with E-state index in [9.17, 15) is 9.59 Å². The van der Waals surface area contributed by atoms with Crippen LogP contribution in [0.3, 0.4) is 0 Å². The van der Waals surface area contributed by atoms with E-state index in [2.05, 4.69) is 15.3 Å². The Morgan fingerprint density at radius 3 is 2.48 bits per heavy atom. The third-order valence-electron chi connectivity index (χ3n) is 5.66. The first-order valence-corrected chi connectivity index (χ1v) is 11.5. The van der Waals surface area contributed by atoms with Gasteiger partial charge in [0, 0.05) is 36.8 Å². The van der Waals surface area contributed by atoms with Crippen LogP contribution in [0.25, 0.3) is 0 Å². The average molecular weight is 467 g/mol. The number of nitrogens with zero attached hydrogens (tertiary/aromatic N) is 3. The van der Waals surface area contributed by atoms with Crippen LogP contribution in [0.15, 0.2) is 71.5 Å². The van der Waals surface area contributed by atoms with Crippen LogP contribution in [0.4, 0.5) is 0 Å². The second-order valence-electron chi connectivity index (χ2n) is 8.09. The van der Waals surface area contributed by atoms with E-state index in [1.54, 1.807) is 0 Å². The normalized spacial score (nSPS) is 14.7. The lowest BCUT2D eigenvalue weighted by Crippen LogP contribution is -2.44. The van der Waals surface area contributed by atoms with Crippen LogP contribution in [0.1, 0.15) is 28.9 Å². The van der Waals surface area contributed by atoms with Crippen LogP contribution in [0.2, 0.25) is 5.02 Å². The van der Waals surface area contributed by atoms with Gasteiger partial charge in [-0.3, -0.25) is 14.5 Å². The first kappa shape index (κ1) is 23.0. The van der Waals surface area contributed by atoms with Gasteiger partial charge >= 0.3 is 0 Å². The number of halogens is 1. The first-order chi connectivity index (χ1) is 16.1. The average Bonchev–Trinajstić information content (AvgIpc) is 2.83. The summed E-state index contributed by atoms with van der Waals surface area (Å²) in [5.41, 5.74) is 1.20. The van der Waals surface area contributed by atoms with Crippen molar-refractivity contribution < 1.29 is 9.53 Å². The second-order valence-corrected chi connectivity index (χ2v) is 8.53. The minimum Gasteiger partial charge on any atom is -0.492 e. The Morgan fingerprint density at radius 1 is 1.03 bits per heavy atom. The summed E-state index contributed by atoms with van der Waals surface area (Å²) >= 11 is 5.96. The summed E-state index contributed by atoms with van der Waals surface area (Å²) in [6, 6.07) is 20.2. The summed E-state index contributed by atoms with van der Waals surface area (Å²) in [6.07, 6.45) is 1.73. The molecule has 1 N–H and O–H groups in total. The van der Waals surface area contributed by atoms with Crippen molar-refractivity contribution in [1.82, 2.24) is 20.0 Å². The number of aromatic nitrogens is 2. The zero-order chi connectivity index (χ0) is 23.0. The molecule has 1 aliphatic heterocycles. The van der Waals surface area contributed by atoms with Crippen LogP contribution in [0.5, 0.6) is 5.75 Å². The van der Waals surface area contributed by atoms with Crippen molar-refractivity contribution in [2.24, 2.45) is 0 Å². The zero-order valence-corrected chi connectivity index (χ0v) is 19.1. The van der Waals surface area contributed by atoms with Crippen molar-refractivity contribution in [2.75, 3.05) is 19.7 Å². The molecule has 0 saturated carbocycles. The van der Waals surface area contributed by atoms with Gasteiger partial charge in [-0.25, -0.2) is 4.68 Å². The van der Waals surface area contributed by atoms with Gasteiger partial charge in [-0.05, 0) is 48.7 Å². The van der Waals surface area contributed by atoms with Crippen molar-refractivity contribution in [3.63, 3.8) is 0 Å². The minimum absolute atomic E-state index is 0.0857. The number of nitrogens with one attached hydrogen (secondary N) is 1. The van der Waals surface area contributed by atoms with E-state index in [0.717, 1.165) is 43.2 Å². The molecule has 1 amide bonds. The van der Waals surface area contributed by atoms with Gasteiger partial charge in [-0.15, -0.1) is 0 Å². The lowest BCUT2D eigenvalue weighted by atomic mass is 10.0. The largest absolute Gasteiger partial charge is 0.492 e. The number of carbonyl (C=O) groups is 1. The number of likely N-dealkylation sites (tertiary alicyclic amines) is 1. The molecule has 0 bridgehead atoms. The minimum atomic E-state index is -0.265. The van der Waals surface area contributed by atoms with E-state index in [4.69, 9.17) is 16.3 Å². The molecule has 1 saturated heterocycles. The number of benzene rings is 2. The lowest BCUT2D eigenvalue weighted by molar-refractivity contribution is 0.0901. The predicted molar refractivity (Wildman–Crippen MR) is 128 cm³/mol. The quantitative estimate of drug-likeness (QED) is 0.550. The molecule has 1 aromatic heterocycles. The van der Waals surface area contributed by atoms with Gasteiger partial charge in [0.2, 0.25) is 0 Å². The number of amides is 1. The van der Waals surface area contributed by atoms with Crippen molar-refractivity contribution in [3.8, 4) is 5.75 Å². The molecule has 1 fully saturated rings. The molecular weight excluding hydrogens is 440 g/mol. The van der Waals surface area contributed by atoms with E-state index in [0.29, 0.717) is 0 Å². The highest BCUT2D eigenvalue weighted by molar-refractivity contribution is 6.30. The maximum Gasteiger partial charge on any atom is 0.271 e. The number of piperidine rings is 1. The Morgan fingerprint density at radius 2 is 1.76 bits per heavy atom. The van der Waals surface area contributed by atoms with E-state index in [-0.39, 0.29) is 36.4 Å². The molecule has 4 rings (SSSR count). The molecule has 33 heavy (non-hydrogen) atoms. The van der Waals surface area contributed by atoms with Gasteiger partial charge in [0.25, 0.3) is 11.5 Å². The van der Waals surface area contributed by atoms with Crippen LogP contribution in [0, 0.1) is 0 Å². The number of para-hydroxylation sites is 1. The molecule has 0 spiro atoms. The van der Waals surface area contributed by atoms with Gasteiger partial charge in [0.15, 0.2) is 0 Å². The maximum absolute atomic E-state index is 12.7. The van der Waals surface area contributed by atoms with Crippen molar-refractivity contribution in [2.45, 2.75) is 32.0 Å². The number of ether oxygens (including phenoxy) is 1. The highest BCUT2D eigenvalue weighted by Gasteiger charge is 2.22. The third-order valence-corrected chi connectivity index (χ3v) is 5.91. The Labute approximate surface area is 197 Å². The van der Waals surface area contributed by atoms with E-state index < -0.39 is 0 Å². The molecule has 0 radical (unpaired) electrons. The Bertz CT molecular complexity index is 1110. The fourth-order valence-electron chi connectivity index (χ4n) is 3.84. The summed E-state index contributed by atoms with van der Waals surface area (Å²) in [4.78, 5) is 27.2. The summed E-state index contributed by atoms with van der Waals surface area (Å²) < 4.78 is 6.90. The SMILES string of the molecule is O=C(NC1CCN(Cc2ccc(Cl)cc2)CC1)c1ccc(=O)n(CCOc2ccccc2)n1. The van der Waals surface area contributed by atoms with Crippen LogP contribution >= 0.6 is 11.6 Å². The Balaban J connectivity index is 1.26. The molecule has 1 aliphatic rings. The Hall–Kier alpha value is -3.16. The molecular formula is C25H27ClN4O3. The molecule has 8 heteroatoms. The predicted octanol–water partition coefficient (Wildman–Crippen LogP) is 3.37. The van der Waals surface area contributed by atoms with Crippen molar-refractivity contribution in [3.05, 3.63) is 93.4 Å². The molecule has 3 aromatic rings. The highest BCUT2D eigenvalue weighted by Crippen LogP contribution is 2.16. The van der Waals surface area contributed by atoms with Gasteiger partial charge in [-0.2, -0.15) is 5.10 Å². The topological polar surface area (TPSA) is 76.5 Å². The van der Waals surface area contributed by atoms with Gasteiger partial charge in [-0.1, -0.05) is 41.9 Å². The van der Waals surface area contributed by atoms with Crippen molar-refractivity contribution >= 4 is 17.5 Å². The molecule has 0 atom stereocenters. The number of rotatable bonds is 8. The van der Waals surface area contributed by atoms with Gasteiger partial charge < -0.3 is 10.1 Å². The summed E-state index contributed by atoms with van der Waals surface area (Å²) in [5.74, 6) is 0.464. The fraction of sp³-hybridized carbons (Fsp3) is 0.320. The number of hydrogen-bond acceptors (Lipinski definition) is 5. The summed E-state index contributed by atoms with van der Waals surface area (Å²) in [7, 11) is 0. The van der Waals surface area contributed by atoms with Crippen molar-refractivity contribution in [1.29, 1.82) is 0 Å². The third kappa shape index (κ3) is 6.66. The van der Waals surface area contributed by atoms with E-state index in [1.807, 2.05) is 54.6 Å². The van der Waals surface area contributed by atoms with E-state index in [1.165, 1.54) is 22.4 Å². The molecule has 2 aromatic carbocycles. The fourth-order valence-corrected chi connectivity index (χ4v) is 3.97. The second kappa shape index (κ2) is 11.1. The van der Waals surface area contributed by atoms with Gasteiger partial charge in [0.1, 0.15) is 18.1 Å². The zero-order valence-electron chi connectivity index (χ0n) is 18.3. The molecule has 0 unspecified atom stereocenters. The highest BCUT2D eigenvalue weighted by atomic mass is 35.5. The molecule has 7 nitrogen and oxygen atoms in total. The monoisotopic (exact) mass is 466 g/mol. The summed E-state index contributed by atoms with van der Waals surface area (Å²) in [5, 5.41) is 8.04. The van der Waals surface area contributed by atoms with E-state index >= 15 is 0 Å². The molecule has 0 aliphatic carbocycles.